The van der Waals surface area contributed by atoms with Crippen LogP contribution in [0.25, 0.3) is 0 Å². The van der Waals surface area contributed by atoms with Gasteiger partial charge in [0.1, 0.15) is 30.7 Å². The summed E-state index contributed by atoms with van der Waals surface area (Å²) in [6.07, 6.45) is -1.13. The van der Waals surface area contributed by atoms with Crippen LogP contribution in [0.1, 0.15) is 80.2 Å². The van der Waals surface area contributed by atoms with E-state index in [4.69, 9.17) is 23.7 Å². The average molecular weight is 721 g/mol. The summed E-state index contributed by atoms with van der Waals surface area (Å²) in [5.74, 6) is 2.37. The molecule has 0 amide bonds. The van der Waals surface area contributed by atoms with Gasteiger partial charge < -0.3 is 49.1 Å². The fourth-order valence-corrected chi connectivity index (χ4v) is 7.71. The summed E-state index contributed by atoms with van der Waals surface area (Å²) in [4.78, 5) is 23.9. The van der Waals surface area contributed by atoms with Gasteiger partial charge in [-0.3, -0.25) is 4.79 Å². The standard InChI is InChI=1S/C37H60N4O10/c1-12-28-37(8,45)32(43)23(4)29(40-46)21(2)17-36(7,47-11)33(51-35-30(42)27(41(9)10)16-22(3)49-35)24(5)31(25(6)34(44)50-28)48-15-13-14-26-18-38-20-39-19-26/h18-25,27-28,30-33,35,42-43,45-46H,12,15-17H2,1-11H3/b40-29+/t21-,22-,23+,24+,25-,27+,28-,30-,31+,32-,33-,35+,36-,37-/m1/s1. The Hall–Kier alpha value is -2.74. The van der Waals surface area contributed by atoms with E-state index >= 15 is 0 Å². The first-order valence-electron chi connectivity index (χ1n) is 17.8. The summed E-state index contributed by atoms with van der Waals surface area (Å²) in [7, 11) is 5.31. The number of likely N-dealkylation sites (N-methyl/N-ethyl adjacent to an activating group) is 1. The van der Waals surface area contributed by atoms with Crippen LogP contribution in [0.15, 0.2) is 23.9 Å². The Bertz CT molecular complexity index is 1350. The maximum Gasteiger partial charge on any atom is 0.311 e. The minimum Gasteiger partial charge on any atom is -0.459 e. The summed E-state index contributed by atoms with van der Waals surface area (Å²) in [5, 5.41) is 48.6. The second kappa shape index (κ2) is 18.3. The molecule has 3 heterocycles. The molecule has 0 saturated carbocycles. The highest BCUT2D eigenvalue weighted by Crippen LogP contribution is 2.40. The summed E-state index contributed by atoms with van der Waals surface area (Å²) in [6.45, 7) is 13.9. The van der Waals surface area contributed by atoms with Gasteiger partial charge >= 0.3 is 5.97 Å². The molecule has 1 aromatic heterocycles. The summed E-state index contributed by atoms with van der Waals surface area (Å²) in [6, 6.07) is -0.257. The second-order valence-electron chi connectivity index (χ2n) is 14.9. The average Bonchev–Trinajstić information content (AvgIpc) is 3.09. The number of cyclic esters (lactones) is 1. The lowest BCUT2D eigenvalue weighted by Crippen LogP contribution is -2.60. The maximum atomic E-state index is 14.0. The summed E-state index contributed by atoms with van der Waals surface area (Å²) < 4.78 is 31.6. The van der Waals surface area contributed by atoms with Crippen LogP contribution in [0.4, 0.5) is 0 Å². The number of aliphatic hydroxyl groups excluding tert-OH is 2. The molecule has 0 spiro atoms. The summed E-state index contributed by atoms with van der Waals surface area (Å²) in [5.41, 5.74) is -2.27. The van der Waals surface area contributed by atoms with Crippen LogP contribution < -0.4 is 0 Å². The van der Waals surface area contributed by atoms with E-state index in [1.807, 2.05) is 46.7 Å². The summed E-state index contributed by atoms with van der Waals surface area (Å²) >= 11 is 0. The molecular formula is C37H60N4O10. The van der Waals surface area contributed by atoms with Gasteiger partial charge in [-0.25, -0.2) is 9.97 Å². The Kier molecular flexibility index (Phi) is 15.3. The lowest BCUT2D eigenvalue weighted by atomic mass is 9.73. The molecule has 51 heavy (non-hydrogen) atoms. The molecule has 288 valence electrons. The highest BCUT2D eigenvalue weighted by Gasteiger charge is 2.52. The van der Waals surface area contributed by atoms with Crippen LogP contribution in [0.3, 0.4) is 0 Å². The predicted molar refractivity (Wildman–Crippen MR) is 189 cm³/mol. The number of carbonyl (C=O) groups is 1. The fourth-order valence-electron chi connectivity index (χ4n) is 7.71. The van der Waals surface area contributed by atoms with Crippen molar-refractivity contribution in [3.63, 3.8) is 0 Å². The van der Waals surface area contributed by atoms with Crippen molar-refractivity contribution in [3.05, 3.63) is 24.3 Å². The van der Waals surface area contributed by atoms with E-state index in [-0.39, 0.29) is 37.3 Å². The van der Waals surface area contributed by atoms with Gasteiger partial charge in [0.15, 0.2) is 6.29 Å². The Balaban J connectivity index is 2.18. The number of oxime groups is 1. The molecule has 14 nitrogen and oxygen atoms in total. The number of hydrogen-bond donors (Lipinski definition) is 4. The molecule has 2 fully saturated rings. The van der Waals surface area contributed by atoms with Gasteiger partial charge in [0, 0.05) is 43.3 Å². The Morgan fingerprint density at radius 2 is 1.75 bits per heavy atom. The quantitative estimate of drug-likeness (QED) is 0.140. The van der Waals surface area contributed by atoms with Crippen molar-refractivity contribution in [2.24, 2.45) is 28.8 Å². The van der Waals surface area contributed by atoms with Crippen molar-refractivity contribution < 1.29 is 49.0 Å². The number of aromatic nitrogens is 2. The van der Waals surface area contributed by atoms with Crippen LogP contribution in [0, 0.1) is 35.5 Å². The van der Waals surface area contributed by atoms with Gasteiger partial charge in [0.2, 0.25) is 0 Å². The molecule has 2 saturated heterocycles. The third kappa shape index (κ3) is 10.0. The lowest BCUT2D eigenvalue weighted by Gasteiger charge is -2.48. The number of carbonyl (C=O) groups excluding carboxylic acids is 1. The molecule has 0 aromatic carbocycles. The molecule has 0 bridgehead atoms. The van der Waals surface area contributed by atoms with E-state index in [0.717, 1.165) is 0 Å². The monoisotopic (exact) mass is 720 g/mol. The SMILES string of the molecule is CC[C@H]1OC(=O)[C@H](C)[C@@H](OCC#Cc2cncnc2)[C@H](C)[C@@H](O[C@@H]2O[C@H](C)C[C@H](N(C)C)[C@H]2O)[C@](C)(OC)C[C@@H](C)/C(=N\O)[C@H](C)[C@@H](O)[C@]1(C)O. The molecule has 0 aliphatic carbocycles. The highest BCUT2D eigenvalue weighted by atomic mass is 16.7. The molecule has 3 rings (SSSR count). The molecule has 2 aliphatic rings. The van der Waals surface area contributed by atoms with Crippen molar-refractivity contribution >= 4 is 11.7 Å². The van der Waals surface area contributed by atoms with E-state index in [9.17, 15) is 25.3 Å². The van der Waals surface area contributed by atoms with Crippen molar-refractivity contribution in [3.8, 4) is 11.8 Å². The molecule has 4 N–H and O–H groups in total. The first-order valence-corrected chi connectivity index (χ1v) is 17.8. The number of hydrogen-bond acceptors (Lipinski definition) is 14. The number of ether oxygens (including phenoxy) is 5. The Morgan fingerprint density at radius 3 is 2.31 bits per heavy atom. The van der Waals surface area contributed by atoms with E-state index in [1.54, 1.807) is 33.2 Å². The normalized spacial score (nSPS) is 41.0. The minimum atomic E-state index is -1.90. The molecule has 0 radical (unpaired) electrons. The molecule has 0 unspecified atom stereocenters. The predicted octanol–water partition coefficient (Wildman–Crippen LogP) is 2.64. The zero-order valence-corrected chi connectivity index (χ0v) is 32.0. The first-order chi connectivity index (χ1) is 23.9. The van der Waals surface area contributed by atoms with Gasteiger partial charge in [-0.2, -0.15) is 0 Å². The van der Waals surface area contributed by atoms with Gasteiger partial charge in [0.05, 0.1) is 47.2 Å². The van der Waals surface area contributed by atoms with E-state index in [2.05, 4.69) is 27.0 Å². The maximum absolute atomic E-state index is 14.0. The van der Waals surface area contributed by atoms with Crippen LogP contribution >= 0.6 is 0 Å². The van der Waals surface area contributed by atoms with Crippen molar-refractivity contribution in [1.29, 1.82) is 0 Å². The van der Waals surface area contributed by atoms with E-state index < -0.39 is 77.7 Å². The third-order valence-corrected chi connectivity index (χ3v) is 10.8. The van der Waals surface area contributed by atoms with Gasteiger partial charge in [0.25, 0.3) is 0 Å². The molecular weight excluding hydrogens is 660 g/mol. The highest BCUT2D eigenvalue weighted by molar-refractivity contribution is 5.88. The number of aliphatic hydroxyl groups is 3. The topological polar surface area (TPSA) is 186 Å². The van der Waals surface area contributed by atoms with E-state index in [0.29, 0.717) is 12.0 Å². The smallest absolute Gasteiger partial charge is 0.311 e. The van der Waals surface area contributed by atoms with Crippen LogP contribution in [-0.4, -0.2) is 135 Å². The number of esters is 1. The number of rotatable bonds is 7. The minimum absolute atomic E-state index is 0.0803. The Labute approximate surface area is 302 Å². The molecule has 1 aromatic rings. The molecule has 14 atom stereocenters. The fraction of sp³-hybridized carbons (Fsp3) is 0.784. The first kappa shape index (κ1) is 42.7. The largest absolute Gasteiger partial charge is 0.459 e. The van der Waals surface area contributed by atoms with Crippen LogP contribution in [0.2, 0.25) is 0 Å². The van der Waals surface area contributed by atoms with Crippen LogP contribution in [0.5, 0.6) is 0 Å². The van der Waals surface area contributed by atoms with Crippen molar-refractivity contribution in [2.45, 2.75) is 135 Å². The van der Waals surface area contributed by atoms with E-state index in [1.165, 1.54) is 20.4 Å². The second-order valence-corrected chi connectivity index (χ2v) is 14.9. The zero-order chi connectivity index (χ0) is 38.3. The van der Waals surface area contributed by atoms with Crippen molar-refractivity contribution in [1.82, 2.24) is 14.9 Å². The molecule has 2 aliphatic heterocycles. The lowest BCUT2D eigenvalue weighted by molar-refractivity contribution is -0.302. The molecule has 14 heteroatoms. The number of methoxy groups -OCH3 is 1. The third-order valence-electron chi connectivity index (χ3n) is 10.8. The number of nitrogens with zero attached hydrogens (tertiary/aromatic N) is 4. The zero-order valence-electron chi connectivity index (χ0n) is 32.0. The Morgan fingerprint density at radius 1 is 1.10 bits per heavy atom. The van der Waals surface area contributed by atoms with Gasteiger partial charge in [-0.15, -0.1) is 0 Å². The van der Waals surface area contributed by atoms with Gasteiger partial charge in [-0.05, 0) is 61.1 Å². The van der Waals surface area contributed by atoms with Crippen molar-refractivity contribution in [2.75, 3.05) is 27.8 Å². The van der Waals surface area contributed by atoms with Crippen LogP contribution in [-0.2, 0) is 28.5 Å². The van der Waals surface area contributed by atoms with Gasteiger partial charge in [-0.1, -0.05) is 44.7 Å².